The molecule has 3 aromatic carbocycles. The molecule has 48 heavy (non-hydrogen) atoms. The summed E-state index contributed by atoms with van der Waals surface area (Å²) in [6.45, 7) is 0. The molecular weight excluding hydrogens is 672 g/mol. The minimum absolute atomic E-state index is 0.801. The molecule has 240 valence electrons. The van der Waals surface area contributed by atoms with Gasteiger partial charge >= 0.3 is 0 Å². The maximum Gasteiger partial charge on any atom is 0.180 e. The van der Waals surface area contributed by atoms with E-state index in [2.05, 4.69) is 0 Å². The summed E-state index contributed by atoms with van der Waals surface area (Å²) in [5.41, 5.74) is -11.1. The summed E-state index contributed by atoms with van der Waals surface area (Å²) in [5.74, 6) is -43.9. The first-order valence-electron chi connectivity index (χ1n) is 12.6. The molecule has 1 aliphatic carbocycles. The van der Waals surface area contributed by atoms with Crippen LogP contribution >= 0.6 is 0 Å². The van der Waals surface area contributed by atoms with Gasteiger partial charge in [0.1, 0.15) is 34.9 Å². The zero-order valence-electron chi connectivity index (χ0n) is 22.7. The Bertz CT molecular complexity index is 1860. The van der Waals surface area contributed by atoms with Crippen molar-refractivity contribution in [1.29, 1.82) is 31.6 Å². The number of halogens is 12. The van der Waals surface area contributed by atoms with Crippen LogP contribution < -0.4 is 0 Å². The highest BCUT2D eigenvalue weighted by molar-refractivity contribution is 5.48. The highest BCUT2D eigenvalue weighted by atomic mass is 19.2. The van der Waals surface area contributed by atoms with Crippen molar-refractivity contribution in [3.8, 4) is 36.4 Å². The minimum atomic E-state index is -2.72. The molecule has 3 unspecified atom stereocenters. The first kappa shape index (κ1) is 34.6. The van der Waals surface area contributed by atoms with Gasteiger partial charge in [0.2, 0.25) is 0 Å². The van der Waals surface area contributed by atoms with Gasteiger partial charge in [-0.25, -0.2) is 52.7 Å². The Kier molecular flexibility index (Phi) is 9.03. The number of rotatable bonds is 6. The predicted molar refractivity (Wildman–Crippen MR) is 128 cm³/mol. The van der Waals surface area contributed by atoms with E-state index in [9.17, 15) is 42.1 Å². The van der Waals surface area contributed by atoms with Crippen LogP contribution in [0.4, 0.5) is 52.7 Å². The smallest absolute Gasteiger partial charge is 0.180 e. The molecule has 6 nitrogen and oxygen atoms in total. The lowest BCUT2D eigenvalue weighted by Gasteiger charge is -2.16. The second-order valence-electron chi connectivity index (χ2n) is 10.0. The van der Waals surface area contributed by atoms with Crippen molar-refractivity contribution in [2.45, 2.75) is 17.8 Å². The molecule has 0 spiro atoms. The van der Waals surface area contributed by atoms with Gasteiger partial charge in [0, 0.05) is 16.7 Å². The van der Waals surface area contributed by atoms with Crippen LogP contribution in [0.5, 0.6) is 0 Å². The number of hydrogen-bond acceptors (Lipinski definition) is 6. The standard InChI is InChI=1S/C30H6F12N6/c31-19-10(4-46)20(32)26(38)16(25(19)37)7(1-43)13-14(8(2-44)17-27(39)21(33)11(5-47)22(34)28(17)40)15(13)9(3-45)18-29(41)23(35)12(6-48)24(36)30(18)42/h7-9,13-15H. The number of hydrogen-bond donors (Lipinski definition) is 0. The van der Waals surface area contributed by atoms with Crippen LogP contribution in [0, 0.1) is 156 Å². The second-order valence-corrected chi connectivity index (χ2v) is 10.0. The Morgan fingerprint density at radius 2 is 0.479 bits per heavy atom. The van der Waals surface area contributed by atoms with Gasteiger partial charge in [0.15, 0.2) is 69.8 Å². The molecule has 1 saturated carbocycles. The Hall–Kier alpha value is -6.24. The van der Waals surface area contributed by atoms with Crippen molar-refractivity contribution in [2.75, 3.05) is 0 Å². The molecule has 3 atom stereocenters. The third-order valence-electron chi connectivity index (χ3n) is 7.92. The summed E-state index contributed by atoms with van der Waals surface area (Å²) in [5, 5.41) is 56.3. The predicted octanol–water partition coefficient (Wildman–Crippen LogP) is 7.05. The first-order chi connectivity index (χ1) is 22.6. The monoisotopic (exact) mass is 678 g/mol. The average molecular weight is 678 g/mol. The van der Waals surface area contributed by atoms with E-state index in [-0.39, 0.29) is 0 Å². The van der Waals surface area contributed by atoms with Crippen LogP contribution in [0.3, 0.4) is 0 Å². The van der Waals surface area contributed by atoms with Crippen LogP contribution in [-0.2, 0) is 0 Å². The molecule has 18 heteroatoms. The van der Waals surface area contributed by atoms with Crippen molar-refractivity contribution in [3.05, 3.63) is 103 Å². The van der Waals surface area contributed by atoms with Crippen LogP contribution in [0.2, 0.25) is 0 Å². The Labute approximate surface area is 259 Å². The lowest BCUT2D eigenvalue weighted by molar-refractivity contribution is 0.414. The van der Waals surface area contributed by atoms with E-state index in [1.807, 2.05) is 0 Å². The van der Waals surface area contributed by atoms with E-state index in [1.165, 1.54) is 0 Å². The summed E-state index contributed by atoms with van der Waals surface area (Å²) >= 11 is 0. The molecule has 0 bridgehead atoms. The van der Waals surface area contributed by atoms with Crippen LogP contribution in [0.25, 0.3) is 0 Å². The fraction of sp³-hybridized carbons (Fsp3) is 0.200. The molecule has 0 aromatic heterocycles. The summed E-state index contributed by atoms with van der Waals surface area (Å²) in [4.78, 5) is 0. The molecule has 1 fully saturated rings. The molecule has 3 aromatic rings. The topological polar surface area (TPSA) is 143 Å². The van der Waals surface area contributed by atoms with Gasteiger partial charge in [-0.1, -0.05) is 0 Å². The summed E-state index contributed by atoms with van der Waals surface area (Å²) in [6.07, 6.45) is 0. The fourth-order valence-electron chi connectivity index (χ4n) is 5.81. The van der Waals surface area contributed by atoms with Crippen LogP contribution in [0.1, 0.15) is 51.1 Å². The molecule has 0 saturated heterocycles. The third-order valence-corrected chi connectivity index (χ3v) is 7.92. The molecular formula is C30H6F12N6. The first-order valence-corrected chi connectivity index (χ1v) is 12.6. The molecule has 4 rings (SSSR count). The van der Waals surface area contributed by atoms with Gasteiger partial charge in [-0.3, -0.25) is 0 Å². The largest absolute Gasteiger partial charge is 0.203 e. The minimum Gasteiger partial charge on any atom is -0.203 e. The Balaban J connectivity index is 2.08. The lowest BCUT2D eigenvalue weighted by Crippen LogP contribution is -2.15. The number of nitrogens with zero attached hydrogens (tertiary/aromatic N) is 6. The number of benzene rings is 3. The number of nitriles is 6. The van der Waals surface area contributed by atoms with E-state index >= 15 is 26.3 Å². The molecule has 1 aliphatic rings. The fourth-order valence-corrected chi connectivity index (χ4v) is 5.81. The van der Waals surface area contributed by atoms with Crippen molar-refractivity contribution in [3.63, 3.8) is 0 Å². The lowest BCUT2D eigenvalue weighted by atomic mass is 9.86. The van der Waals surface area contributed by atoms with Gasteiger partial charge in [0.05, 0.1) is 36.0 Å². The Morgan fingerprint density at radius 1 is 0.312 bits per heavy atom. The van der Waals surface area contributed by atoms with E-state index in [4.69, 9.17) is 15.8 Å². The molecule has 0 N–H and O–H groups in total. The van der Waals surface area contributed by atoms with Gasteiger partial charge < -0.3 is 0 Å². The highest BCUT2D eigenvalue weighted by Gasteiger charge is 2.64. The Morgan fingerprint density at radius 3 is 0.604 bits per heavy atom. The average Bonchev–Trinajstić information content (AvgIpc) is 3.78. The van der Waals surface area contributed by atoms with Crippen molar-refractivity contribution in [1.82, 2.24) is 0 Å². The van der Waals surface area contributed by atoms with Gasteiger partial charge in [-0.05, 0) is 17.8 Å². The van der Waals surface area contributed by atoms with Crippen molar-refractivity contribution in [2.24, 2.45) is 17.8 Å². The summed E-state index contributed by atoms with van der Waals surface area (Å²) < 4.78 is 178. The maximum atomic E-state index is 15.1. The van der Waals surface area contributed by atoms with E-state index in [0.29, 0.717) is 0 Å². The van der Waals surface area contributed by atoms with Gasteiger partial charge in [-0.2, -0.15) is 31.6 Å². The molecule has 0 amide bonds. The molecule has 0 radical (unpaired) electrons. The van der Waals surface area contributed by atoms with Crippen molar-refractivity contribution < 1.29 is 52.7 Å². The van der Waals surface area contributed by atoms with Gasteiger partial charge in [0.25, 0.3) is 0 Å². The van der Waals surface area contributed by atoms with Crippen LogP contribution in [0.15, 0.2) is 0 Å². The SMILES string of the molecule is N#Cc1c(F)c(F)c(C(C#N)C2C(C(C#N)c3c(F)c(F)c(C#N)c(F)c3F)C2C(C#N)c2c(F)c(F)c(C#N)c(F)c2F)c(F)c1F. The molecule has 0 aliphatic heterocycles. The van der Waals surface area contributed by atoms with E-state index in [1.54, 1.807) is 0 Å². The van der Waals surface area contributed by atoms with E-state index < -0.39 is 139 Å². The summed E-state index contributed by atoms with van der Waals surface area (Å²) in [6, 6.07) is 5.83. The molecule has 0 heterocycles. The second kappa shape index (κ2) is 12.5. The maximum absolute atomic E-state index is 15.1. The van der Waals surface area contributed by atoms with E-state index in [0.717, 1.165) is 36.4 Å². The van der Waals surface area contributed by atoms with Crippen LogP contribution in [-0.4, -0.2) is 0 Å². The normalized spacial score (nSPS) is 18.2. The summed E-state index contributed by atoms with van der Waals surface area (Å²) in [7, 11) is 0. The highest BCUT2D eigenvalue weighted by Crippen LogP contribution is 2.66. The zero-order chi connectivity index (χ0) is 36.1. The quantitative estimate of drug-likeness (QED) is 0.202. The zero-order valence-corrected chi connectivity index (χ0v) is 22.7. The third kappa shape index (κ3) is 4.78. The van der Waals surface area contributed by atoms with Crippen molar-refractivity contribution >= 4 is 0 Å². The van der Waals surface area contributed by atoms with Gasteiger partial charge in [-0.15, -0.1) is 0 Å².